The number of hydrogen-bond donors (Lipinski definition) is 1. The van der Waals surface area contributed by atoms with Crippen molar-refractivity contribution in [1.29, 1.82) is 0 Å². The van der Waals surface area contributed by atoms with Crippen LogP contribution in [0, 0.1) is 0 Å². The van der Waals surface area contributed by atoms with Crippen LogP contribution in [0.1, 0.15) is 19.4 Å². The first kappa shape index (κ1) is 14.9. The lowest BCUT2D eigenvalue weighted by molar-refractivity contribution is -0.116. The molecule has 1 N–H and O–H groups in total. The third-order valence-corrected chi connectivity index (χ3v) is 4.38. The Labute approximate surface area is 108 Å². The Bertz CT molecular complexity index is 491. The van der Waals surface area contributed by atoms with E-state index in [1.54, 1.807) is 19.1 Å². The molecular weight excluding hydrogens is 250 g/mol. The molecule has 0 saturated carbocycles. The molecule has 1 rings (SSSR count). The maximum absolute atomic E-state index is 11.6. The van der Waals surface area contributed by atoms with Crippen molar-refractivity contribution < 1.29 is 13.2 Å². The Morgan fingerprint density at radius 2 is 1.83 bits per heavy atom. The number of rotatable bonds is 7. The van der Waals surface area contributed by atoms with Crippen LogP contribution in [-0.2, 0) is 21.1 Å². The summed E-state index contributed by atoms with van der Waals surface area (Å²) in [5.74, 6) is 0.228. The molecule has 0 radical (unpaired) electrons. The zero-order chi connectivity index (χ0) is 13.6. The molecule has 0 saturated heterocycles. The minimum absolute atomic E-state index is 0.111. The molecule has 5 heteroatoms. The third kappa shape index (κ3) is 4.58. The van der Waals surface area contributed by atoms with E-state index in [2.05, 4.69) is 5.32 Å². The summed E-state index contributed by atoms with van der Waals surface area (Å²) >= 11 is 0. The molecule has 0 bridgehead atoms. The second-order valence-electron chi connectivity index (χ2n) is 4.18. The van der Waals surface area contributed by atoms with E-state index in [9.17, 15) is 13.2 Å². The number of carbonyl (C=O) groups is 1. The van der Waals surface area contributed by atoms with Gasteiger partial charge < -0.3 is 5.32 Å². The van der Waals surface area contributed by atoms with E-state index in [0.717, 1.165) is 12.0 Å². The van der Waals surface area contributed by atoms with Crippen molar-refractivity contribution in [2.75, 3.05) is 18.8 Å². The maximum atomic E-state index is 11.6. The monoisotopic (exact) mass is 269 g/mol. The van der Waals surface area contributed by atoms with Gasteiger partial charge in [-0.15, -0.1) is 0 Å². The van der Waals surface area contributed by atoms with E-state index in [0.29, 0.717) is 18.0 Å². The smallest absolute Gasteiger partial charge is 0.178 e. The number of Topliss-reactive ketones (excluding diaryl/α,β-unsaturated/α-hetero) is 1. The molecule has 0 aromatic heterocycles. The van der Waals surface area contributed by atoms with Crippen molar-refractivity contribution in [3.05, 3.63) is 29.8 Å². The summed E-state index contributed by atoms with van der Waals surface area (Å²) in [5, 5.41) is 3.02. The quantitative estimate of drug-likeness (QED) is 0.756. The molecule has 100 valence electrons. The average Bonchev–Trinajstić information content (AvgIpc) is 2.35. The van der Waals surface area contributed by atoms with Crippen LogP contribution < -0.4 is 5.32 Å². The van der Waals surface area contributed by atoms with Gasteiger partial charge in [-0.2, -0.15) is 0 Å². The molecule has 1 aromatic carbocycles. The molecule has 4 nitrogen and oxygen atoms in total. The molecule has 0 aliphatic rings. The van der Waals surface area contributed by atoms with Crippen molar-refractivity contribution in [2.24, 2.45) is 0 Å². The van der Waals surface area contributed by atoms with Crippen LogP contribution in [0.25, 0.3) is 0 Å². The first-order valence-corrected chi connectivity index (χ1v) is 7.63. The van der Waals surface area contributed by atoms with Gasteiger partial charge in [0.25, 0.3) is 0 Å². The summed E-state index contributed by atoms with van der Waals surface area (Å²) in [5.41, 5.74) is 1.06. The van der Waals surface area contributed by atoms with Crippen LogP contribution in [0.5, 0.6) is 0 Å². The van der Waals surface area contributed by atoms with Crippen molar-refractivity contribution >= 4 is 15.6 Å². The Kier molecular flexibility index (Phi) is 5.50. The van der Waals surface area contributed by atoms with Crippen LogP contribution in [0.2, 0.25) is 0 Å². The van der Waals surface area contributed by atoms with Gasteiger partial charge in [0.2, 0.25) is 0 Å². The van der Waals surface area contributed by atoms with E-state index in [1.807, 2.05) is 12.1 Å². The van der Waals surface area contributed by atoms with Crippen molar-refractivity contribution in [1.82, 2.24) is 5.32 Å². The molecule has 18 heavy (non-hydrogen) atoms. The Hall–Kier alpha value is -1.20. The number of carbonyl (C=O) groups excluding carboxylic acids is 1. The highest BCUT2D eigenvalue weighted by atomic mass is 32.2. The fourth-order valence-corrected chi connectivity index (χ4v) is 2.41. The molecule has 0 heterocycles. The van der Waals surface area contributed by atoms with E-state index in [1.165, 1.54) is 6.92 Å². The van der Waals surface area contributed by atoms with E-state index in [4.69, 9.17) is 0 Å². The highest BCUT2D eigenvalue weighted by molar-refractivity contribution is 7.91. The maximum Gasteiger partial charge on any atom is 0.178 e. The fourth-order valence-electron chi connectivity index (χ4n) is 1.53. The number of ketones is 1. The zero-order valence-electron chi connectivity index (χ0n) is 10.8. The number of nitrogens with one attached hydrogen (secondary N) is 1. The van der Waals surface area contributed by atoms with E-state index >= 15 is 0 Å². The topological polar surface area (TPSA) is 63.2 Å². The van der Waals surface area contributed by atoms with Crippen LogP contribution in [-0.4, -0.2) is 33.0 Å². The summed E-state index contributed by atoms with van der Waals surface area (Å²) in [6.07, 6.45) is 0.778. The molecule has 0 aliphatic heterocycles. The van der Waals surface area contributed by atoms with Gasteiger partial charge in [0, 0.05) is 0 Å². The minimum Gasteiger partial charge on any atom is -0.310 e. The largest absolute Gasteiger partial charge is 0.310 e. The molecule has 0 aliphatic carbocycles. The van der Waals surface area contributed by atoms with E-state index in [-0.39, 0.29) is 11.5 Å². The van der Waals surface area contributed by atoms with Gasteiger partial charge in [0.05, 0.1) is 17.2 Å². The summed E-state index contributed by atoms with van der Waals surface area (Å²) < 4.78 is 23.2. The summed E-state index contributed by atoms with van der Waals surface area (Å²) in [6.45, 7) is 4.26. The van der Waals surface area contributed by atoms with Crippen LogP contribution in [0.15, 0.2) is 29.2 Å². The summed E-state index contributed by atoms with van der Waals surface area (Å²) in [7, 11) is -3.11. The standard InChI is InChI=1S/C13H19NO3S/c1-3-18(16,17)13-6-4-12(5-7-13)8-9-14-10-11(2)15/h4-7,14H,3,8-10H2,1-2H3. The van der Waals surface area contributed by atoms with Crippen molar-refractivity contribution in [2.45, 2.75) is 25.2 Å². The average molecular weight is 269 g/mol. The van der Waals surface area contributed by atoms with Crippen LogP contribution in [0.4, 0.5) is 0 Å². The second kappa shape index (κ2) is 6.66. The van der Waals surface area contributed by atoms with Gasteiger partial charge in [-0.05, 0) is 37.6 Å². The number of hydrogen-bond acceptors (Lipinski definition) is 4. The Morgan fingerprint density at radius 1 is 1.22 bits per heavy atom. The van der Waals surface area contributed by atoms with Crippen LogP contribution in [0.3, 0.4) is 0 Å². The Balaban J connectivity index is 2.53. The van der Waals surface area contributed by atoms with Crippen molar-refractivity contribution in [3.63, 3.8) is 0 Å². The number of sulfone groups is 1. The highest BCUT2D eigenvalue weighted by Gasteiger charge is 2.10. The normalized spacial score (nSPS) is 11.4. The van der Waals surface area contributed by atoms with Crippen molar-refractivity contribution in [3.8, 4) is 0 Å². The van der Waals surface area contributed by atoms with Gasteiger partial charge in [0.15, 0.2) is 9.84 Å². The second-order valence-corrected chi connectivity index (χ2v) is 6.45. The fraction of sp³-hybridized carbons (Fsp3) is 0.462. The first-order chi connectivity index (χ1) is 8.45. The lowest BCUT2D eigenvalue weighted by atomic mass is 10.1. The van der Waals surface area contributed by atoms with Gasteiger partial charge in [-0.1, -0.05) is 19.1 Å². The van der Waals surface area contributed by atoms with E-state index < -0.39 is 9.84 Å². The minimum atomic E-state index is -3.11. The zero-order valence-corrected chi connectivity index (χ0v) is 11.6. The SMILES string of the molecule is CCS(=O)(=O)c1ccc(CCNCC(C)=O)cc1. The molecule has 0 atom stereocenters. The molecular formula is C13H19NO3S. The molecule has 0 unspecified atom stereocenters. The summed E-state index contributed by atoms with van der Waals surface area (Å²) in [6, 6.07) is 6.91. The van der Waals surface area contributed by atoms with Gasteiger partial charge in [-0.3, -0.25) is 4.79 Å². The molecule has 1 aromatic rings. The summed E-state index contributed by atoms with van der Waals surface area (Å²) in [4.78, 5) is 11.1. The third-order valence-electron chi connectivity index (χ3n) is 2.63. The molecule has 0 spiro atoms. The molecule has 0 amide bonds. The Morgan fingerprint density at radius 3 is 2.33 bits per heavy atom. The highest BCUT2D eigenvalue weighted by Crippen LogP contribution is 2.12. The molecule has 0 fully saturated rings. The first-order valence-electron chi connectivity index (χ1n) is 5.97. The van der Waals surface area contributed by atoms with Gasteiger partial charge in [0.1, 0.15) is 5.78 Å². The van der Waals surface area contributed by atoms with Gasteiger partial charge >= 0.3 is 0 Å². The lowest BCUT2D eigenvalue weighted by Gasteiger charge is -2.05. The number of benzene rings is 1. The van der Waals surface area contributed by atoms with Gasteiger partial charge in [-0.25, -0.2) is 8.42 Å². The van der Waals surface area contributed by atoms with Crippen LogP contribution >= 0.6 is 0 Å². The predicted octanol–water partition coefficient (Wildman–Crippen LogP) is 1.20. The lowest BCUT2D eigenvalue weighted by Crippen LogP contribution is -2.23. The predicted molar refractivity (Wildman–Crippen MR) is 71.4 cm³/mol.